The lowest BCUT2D eigenvalue weighted by atomic mass is 9.75. The van der Waals surface area contributed by atoms with Gasteiger partial charge in [-0.15, -0.1) is 0 Å². The molecule has 0 atom stereocenters. The van der Waals surface area contributed by atoms with E-state index < -0.39 is 27.3 Å². The van der Waals surface area contributed by atoms with E-state index in [4.69, 9.17) is 16.7 Å². The van der Waals surface area contributed by atoms with Gasteiger partial charge in [-0.3, -0.25) is 4.79 Å². The molecule has 0 spiro atoms. The van der Waals surface area contributed by atoms with Gasteiger partial charge in [0.15, 0.2) is 0 Å². The summed E-state index contributed by atoms with van der Waals surface area (Å²) in [6.45, 7) is 0. The van der Waals surface area contributed by atoms with Crippen LogP contribution in [0.3, 0.4) is 0 Å². The van der Waals surface area contributed by atoms with Crippen LogP contribution < -0.4 is 4.72 Å². The molecule has 110 valence electrons. The Bertz CT molecular complexity index is 643. The van der Waals surface area contributed by atoms with Gasteiger partial charge >= 0.3 is 5.97 Å². The number of halogens is 2. The van der Waals surface area contributed by atoms with Crippen LogP contribution in [0.1, 0.15) is 25.7 Å². The number of carbonyl (C=O) groups is 1. The Labute approximate surface area is 120 Å². The van der Waals surface area contributed by atoms with Gasteiger partial charge in [-0.25, -0.2) is 17.5 Å². The first-order chi connectivity index (χ1) is 9.24. The predicted molar refractivity (Wildman–Crippen MR) is 70.6 cm³/mol. The van der Waals surface area contributed by atoms with Crippen molar-refractivity contribution in [1.82, 2.24) is 4.72 Å². The Morgan fingerprint density at radius 3 is 2.55 bits per heavy atom. The number of benzene rings is 1. The summed E-state index contributed by atoms with van der Waals surface area (Å²) in [5.74, 6) is -1.71. The summed E-state index contributed by atoms with van der Waals surface area (Å²) in [6, 6.07) is 2.96. The quantitative estimate of drug-likeness (QED) is 0.870. The first kappa shape index (κ1) is 15.2. The number of aliphatic carboxylic acids is 1. The number of carboxylic acids is 1. The van der Waals surface area contributed by atoms with E-state index in [1.54, 1.807) is 0 Å². The molecule has 2 rings (SSSR count). The second-order valence-electron chi connectivity index (χ2n) is 4.88. The zero-order chi connectivity index (χ0) is 15.0. The van der Waals surface area contributed by atoms with Crippen molar-refractivity contribution < 1.29 is 22.7 Å². The van der Waals surface area contributed by atoms with Gasteiger partial charge in [-0.05, 0) is 37.5 Å². The lowest BCUT2D eigenvalue weighted by molar-refractivity contribution is -0.139. The van der Waals surface area contributed by atoms with Crippen LogP contribution in [-0.4, -0.2) is 25.0 Å². The summed E-state index contributed by atoms with van der Waals surface area (Å²) in [6.07, 6.45) is 1.38. The summed E-state index contributed by atoms with van der Waals surface area (Å²) in [4.78, 5) is 10.6. The topological polar surface area (TPSA) is 83.5 Å². The zero-order valence-corrected chi connectivity index (χ0v) is 12.0. The van der Waals surface area contributed by atoms with Gasteiger partial charge < -0.3 is 5.11 Å². The number of hydrogen-bond acceptors (Lipinski definition) is 3. The zero-order valence-electron chi connectivity index (χ0n) is 10.4. The molecule has 2 N–H and O–H groups in total. The monoisotopic (exact) mass is 321 g/mol. The van der Waals surface area contributed by atoms with E-state index in [0.29, 0.717) is 12.8 Å². The summed E-state index contributed by atoms with van der Waals surface area (Å²) in [7, 11) is -3.98. The van der Waals surface area contributed by atoms with Crippen LogP contribution in [0.2, 0.25) is 5.02 Å². The average Bonchev–Trinajstić information content (AvgIpc) is 2.24. The van der Waals surface area contributed by atoms with Crippen LogP contribution in [0.5, 0.6) is 0 Å². The summed E-state index contributed by atoms with van der Waals surface area (Å²) in [5, 5.41) is 8.63. The van der Waals surface area contributed by atoms with E-state index in [-0.39, 0.29) is 16.3 Å². The van der Waals surface area contributed by atoms with Gasteiger partial charge in [0.05, 0.1) is 11.4 Å². The number of nitrogens with one attached hydrogen (secondary N) is 1. The highest BCUT2D eigenvalue weighted by Crippen LogP contribution is 2.37. The summed E-state index contributed by atoms with van der Waals surface area (Å²) in [5.41, 5.74) is -0.970. The van der Waals surface area contributed by atoms with Crippen molar-refractivity contribution in [2.24, 2.45) is 0 Å². The number of sulfonamides is 1. The third-order valence-electron chi connectivity index (χ3n) is 3.33. The van der Waals surface area contributed by atoms with Crippen molar-refractivity contribution in [2.75, 3.05) is 0 Å². The fourth-order valence-electron chi connectivity index (χ4n) is 2.24. The first-order valence-electron chi connectivity index (χ1n) is 5.95. The van der Waals surface area contributed by atoms with Crippen molar-refractivity contribution >= 4 is 27.6 Å². The molecule has 0 amide bonds. The number of carboxylic acid groups (broad SMARTS) is 1. The summed E-state index contributed by atoms with van der Waals surface area (Å²) < 4.78 is 39.8. The molecule has 20 heavy (non-hydrogen) atoms. The first-order valence-corrected chi connectivity index (χ1v) is 7.81. The Morgan fingerprint density at radius 2 is 2.10 bits per heavy atom. The molecule has 1 aliphatic rings. The molecule has 1 fully saturated rings. The minimum Gasteiger partial charge on any atom is -0.481 e. The van der Waals surface area contributed by atoms with Gasteiger partial charge in [0.25, 0.3) is 0 Å². The molecule has 1 aliphatic carbocycles. The van der Waals surface area contributed by atoms with Crippen molar-refractivity contribution in [3.8, 4) is 0 Å². The SMILES string of the molecule is O=C(O)CC1(NS(=O)(=O)c2ccc(F)cc2Cl)CCC1. The average molecular weight is 322 g/mol. The molecular formula is C12H13ClFNO4S. The Kier molecular flexibility index (Phi) is 4.04. The molecule has 0 radical (unpaired) electrons. The molecule has 1 aromatic rings. The van der Waals surface area contributed by atoms with Crippen LogP contribution in [0, 0.1) is 5.82 Å². The molecule has 1 aromatic carbocycles. The van der Waals surface area contributed by atoms with Crippen LogP contribution in [0.4, 0.5) is 4.39 Å². The van der Waals surface area contributed by atoms with Crippen molar-refractivity contribution in [3.05, 3.63) is 29.0 Å². The second kappa shape index (κ2) is 5.31. The van der Waals surface area contributed by atoms with Gasteiger partial charge in [-0.2, -0.15) is 0 Å². The highest BCUT2D eigenvalue weighted by molar-refractivity contribution is 7.89. The maximum absolute atomic E-state index is 12.9. The smallest absolute Gasteiger partial charge is 0.305 e. The molecular weight excluding hydrogens is 309 g/mol. The van der Waals surface area contributed by atoms with E-state index in [1.165, 1.54) is 0 Å². The van der Waals surface area contributed by atoms with Crippen LogP contribution >= 0.6 is 11.6 Å². The maximum Gasteiger partial charge on any atom is 0.305 e. The van der Waals surface area contributed by atoms with Gasteiger partial charge in [-0.1, -0.05) is 11.6 Å². The van der Waals surface area contributed by atoms with E-state index in [2.05, 4.69) is 4.72 Å². The molecule has 0 aliphatic heterocycles. The molecule has 8 heteroatoms. The van der Waals surface area contributed by atoms with Gasteiger partial charge in [0.2, 0.25) is 10.0 Å². The molecule has 0 bridgehead atoms. The third kappa shape index (κ3) is 3.11. The lowest BCUT2D eigenvalue weighted by Crippen LogP contribution is -2.54. The number of rotatable bonds is 5. The highest BCUT2D eigenvalue weighted by Gasteiger charge is 2.42. The van der Waals surface area contributed by atoms with Crippen LogP contribution in [0.25, 0.3) is 0 Å². The fraction of sp³-hybridized carbons (Fsp3) is 0.417. The standard InChI is InChI=1S/C12H13ClFNO4S/c13-9-6-8(14)2-3-10(9)20(18,19)15-12(4-1-5-12)7-11(16)17/h2-3,6,15H,1,4-5,7H2,(H,16,17). The minimum absolute atomic E-state index is 0.234. The van der Waals surface area contributed by atoms with Crippen molar-refractivity contribution in [1.29, 1.82) is 0 Å². The highest BCUT2D eigenvalue weighted by atomic mass is 35.5. The van der Waals surface area contributed by atoms with Crippen molar-refractivity contribution in [3.63, 3.8) is 0 Å². The Balaban J connectivity index is 2.29. The largest absolute Gasteiger partial charge is 0.481 e. The maximum atomic E-state index is 12.9. The van der Waals surface area contributed by atoms with Gasteiger partial charge in [0.1, 0.15) is 10.7 Å². The molecule has 0 aromatic heterocycles. The summed E-state index contributed by atoms with van der Waals surface area (Å²) >= 11 is 5.73. The number of hydrogen-bond donors (Lipinski definition) is 2. The third-order valence-corrected chi connectivity index (χ3v) is 5.40. The van der Waals surface area contributed by atoms with E-state index in [9.17, 15) is 17.6 Å². The van der Waals surface area contributed by atoms with Gasteiger partial charge in [0, 0.05) is 5.54 Å². The van der Waals surface area contributed by atoms with Crippen molar-refractivity contribution in [2.45, 2.75) is 36.1 Å². The molecule has 0 unspecified atom stereocenters. The molecule has 0 saturated heterocycles. The molecule has 1 saturated carbocycles. The van der Waals surface area contributed by atoms with Crippen LogP contribution in [-0.2, 0) is 14.8 Å². The minimum atomic E-state index is -3.98. The molecule has 0 heterocycles. The second-order valence-corrected chi connectivity index (χ2v) is 6.94. The normalized spacial score (nSPS) is 17.5. The predicted octanol–water partition coefficient (Wildman–Crippen LogP) is 2.15. The lowest BCUT2D eigenvalue weighted by Gasteiger charge is -2.41. The fourth-order valence-corrected chi connectivity index (χ4v) is 4.23. The molecule has 5 nitrogen and oxygen atoms in total. The van der Waals surface area contributed by atoms with Crippen LogP contribution in [0.15, 0.2) is 23.1 Å². The van der Waals surface area contributed by atoms with E-state index in [1.807, 2.05) is 0 Å². The Morgan fingerprint density at radius 1 is 1.45 bits per heavy atom. The van der Waals surface area contributed by atoms with E-state index in [0.717, 1.165) is 24.6 Å². The van der Waals surface area contributed by atoms with E-state index >= 15 is 0 Å². The Hall–Kier alpha value is -1.18.